The number of amides is 4. The Kier molecular flexibility index (Phi) is 14.1. The number of ether oxygens (including phenoxy) is 1. The van der Waals surface area contributed by atoms with Gasteiger partial charge in [0.1, 0.15) is 30.1 Å². The van der Waals surface area contributed by atoms with Crippen molar-refractivity contribution in [3.8, 4) is 5.75 Å². The van der Waals surface area contributed by atoms with E-state index in [9.17, 15) is 45.6 Å². The molecule has 19 heteroatoms. The molecule has 0 bridgehead atoms. The molecule has 308 valence electrons. The topological polar surface area (TPSA) is 181 Å². The lowest BCUT2D eigenvalue weighted by atomic mass is 9.94. The normalized spacial score (nSPS) is 17.1. The molecule has 0 spiro atoms. The molecule has 0 saturated carbocycles. The van der Waals surface area contributed by atoms with Gasteiger partial charge in [0.15, 0.2) is 9.84 Å². The van der Waals surface area contributed by atoms with Crippen molar-refractivity contribution in [2.24, 2.45) is 5.92 Å². The minimum Gasteiger partial charge on any atom is -0.497 e. The molecule has 0 radical (unpaired) electrons. The zero-order valence-corrected chi connectivity index (χ0v) is 32.1. The van der Waals surface area contributed by atoms with Crippen molar-refractivity contribution >= 4 is 39.2 Å². The number of nitrogens with one attached hydrogen (secondary N) is 3. The van der Waals surface area contributed by atoms with E-state index in [1.54, 1.807) is 37.3 Å². The number of Topliss-reactive ketones (excluding diaryl/α,β-unsaturated/α-hetero) is 1. The van der Waals surface area contributed by atoms with Crippen molar-refractivity contribution in [1.29, 1.82) is 0 Å². The van der Waals surface area contributed by atoms with Crippen LogP contribution in [0.25, 0.3) is 0 Å². The number of rotatable bonds is 16. The molecule has 4 atom stereocenters. The van der Waals surface area contributed by atoms with Crippen LogP contribution in [0.4, 0.5) is 22.0 Å². The number of aromatic nitrogens is 1. The zero-order chi connectivity index (χ0) is 42.3. The average Bonchev–Trinajstić information content (AvgIpc) is 3.62. The minimum atomic E-state index is -5.07. The smallest absolute Gasteiger partial charge is 0.405 e. The van der Waals surface area contributed by atoms with Gasteiger partial charge in [-0.1, -0.05) is 61.9 Å². The molecule has 3 aromatic rings. The van der Waals surface area contributed by atoms with Crippen LogP contribution in [0.15, 0.2) is 72.9 Å². The first-order valence-corrected chi connectivity index (χ1v) is 19.3. The minimum absolute atomic E-state index is 0.0614. The summed E-state index contributed by atoms with van der Waals surface area (Å²) in [5.41, 5.74) is 1.67. The van der Waals surface area contributed by atoms with Crippen molar-refractivity contribution in [2.75, 3.05) is 20.2 Å². The molecular weight excluding hydrogens is 782 g/mol. The predicted octanol–water partition coefficient (Wildman–Crippen LogP) is 3.35. The van der Waals surface area contributed by atoms with Gasteiger partial charge in [-0.3, -0.25) is 29.0 Å². The Balaban J connectivity index is 1.70. The molecule has 0 aliphatic carbocycles. The van der Waals surface area contributed by atoms with Gasteiger partial charge in [-0.15, -0.1) is 0 Å². The number of aryl methyl sites for hydroxylation is 1. The van der Waals surface area contributed by atoms with Crippen LogP contribution in [0.2, 0.25) is 0 Å². The highest BCUT2D eigenvalue weighted by molar-refractivity contribution is 7.91. The summed E-state index contributed by atoms with van der Waals surface area (Å²) < 4.78 is 101. The third-order valence-electron chi connectivity index (χ3n) is 9.20. The third-order valence-corrected chi connectivity index (χ3v) is 11.3. The van der Waals surface area contributed by atoms with Crippen LogP contribution in [0.5, 0.6) is 5.75 Å². The second kappa shape index (κ2) is 18.2. The fourth-order valence-electron chi connectivity index (χ4n) is 6.21. The van der Waals surface area contributed by atoms with E-state index in [0.29, 0.717) is 16.9 Å². The Labute approximate surface area is 325 Å². The molecule has 1 aliphatic heterocycles. The number of likely N-dealkylation sites (tertiary alicyclic amines) is 1. The van der Waals surface area contributed by atoms with Gasteiger partial charge in [-0.05, 0) is 54.7 Å². The molecule has 3 N–H and O–H groups in total. The summed E-state index contributed by atoms with van der Waals surface area (Å²) in [6, 6.07) is 12.2. The number of alkyl halides is 5. The number of carbonyl (C=O) groups excluding carboxylic acids is 5. The maximum absolute atomic E-state index is 15.0. The molecule has 1 saturated heterocycles. The maximum atomic E-state index is 15.0. The number of halogens is 5. The Morgan fingerprint density at radius 2 is 1.61 bits per heavy atom. The highest BCUT2D eigenvalue weighted by Gasteiger charge is 2.53. The molecule has 0 unspecified atom stereocenters. The quantitative estimate of drug-likeness (QED) is 0.144. The summed E-state index contributed by atoms with van der Waals surface area (Å²) in [4.78, 5) is 72.0. The number of methoxy groups -OCH3 is 1. The van der Waals surface area contributed by atoms with Gasteiger partial charge in [-0.25, -0.2) is 8.42 Å². The lowest BCUT2D eigenvalue weighted by Crippen LogP contribution is -2.60. The third kappa shape index (κ3) is 11.5. The van der Waals surface area contributed by atoms with Gasteiger partial charge in [0.25, 0.3) is 11.8 Å². The van der Waals surface area contributed by atoms with Gasteiger partial charge in [0, 0.05) is 19.2 Å². The van der Waals surface area contributed by atoms with Gasteiger partial charge in [-0.2, -0.15) is 22.0 Å². The average molecular weight is 824 g/mol. The van der Waals surface area contributed by atoms with E-state index in [1.165, 1.54) is 63.6 Å². The van der Waals surface area contributed by atoms with Crippen LogP contribution in [0.3, 0.4) is 0 Å². The van der Waals surface area contributed by atoms with E-state index in [-0.39, 0.29) is 12.1 Å². The number of ketones is 1. The second-order valence-corrected chi connectivity index (χ2v) is 16.2. The number of carbonyl (C=O) groups is 5. The predicted molar refractivity (Wildman–Crippen MR) is 196 cm³/mol. The molecule has 57 heavy (non-hydrogen) atoms. The first-order valence-electron chi connectivity index (χ1n) is 17.6. The van der Waals surface area contributed by atoms with Crippen molar-refractivity contribution in [2.45, 2.75) is 74.8 Å². The summed E-state index contributed by atoms with van der Waals surface area (Å²) in [6.07, 6.45) is -4.43. The fourth-order valence-corrected chi connectivity index (χ4v) is 7.97. The number of pyridine rings is 1. The first-order chi connectivity index (χ1) is 26.6. The van der Waals surface area contributed by atoms with Crippen LogP contribution in [-0.2, 0) is 41.2 Å². The van der Waals surface area contributed by atoms with Crippen LogP contribution < -0.4 is 20.7 Å². The summed E-state index contributed by atoms with van der Waals surface area (Å²) in [7, 11) is -2.76. The molecule has 2 heterocycles. The molecule has 1 fully saturated rings. The molecule has 1 aliphatic rings. The van der Waals surface area contributed by atoms with Crippen LogP contribution in [0, 0.1) is 12.8 Å². The molecule has 13 nitrogen and oxygen atoms in total. The molecule has 4 amide bonds. The van der Waals surface area contributed by atoms with Gasteiger partial charge in [0.2, 0.25) is 17.6 Å². The largest absolute Gasteiger partial charge is 0.497 e. The number of hydrogen-bond acceptors (Lipinski definition) is 9. The SMILES string of the molecule is COc1ccc(CS(=O)(=O)[C@@H]2C[C@@H](C(=O)N[C@H](C(=O)C(F)(F)C(=O)NCC(F)(F)F)C(C)C)N(C(=O)[C@H](Cc3cccc(C)c3)NC(=O)c3ccccn3)C2)cc1. The first kappa shape index (κ1) is 44.3. The summed E-state index contributed by atoms with van der Waals surface area (Å²) in [5, 5.41) is 4.27. The molecule has 2 aromatic carbocycles. The lowest BCUT2D eigenvalue weighted by Gasteiger charge is -2.31. The van der Waals surface area contributed by atoms with Gasteiger partial charge >= 0.3 is 12.1 Å². The van der Waals surface area contributed by atoms with Crippen LogP contribution >= 0.6 is 0 Å². The van der Waals surface area contributed by atoms with Crippen molar-refractivity contribution < 1.29 is 59.1 Å². The second-order valence-electron chi connectivity index (χ2n) is 13.9. The fraction of sp³-hybridized carbons (Fsp3) is 0.421. The van der Waals surface area contributed by atoms with E-state index in [1.807, 2.05) is 0 Å². The van der Waals surface area contributed by atoms with Crippen molar-refractivity contribution in [1.82, 2.24) is 25.8 Å². The van der Waals surface area contributed by atoms with Crippen molar-refractivity contribution in [3.05, 3.63) is 95.3 Å². The number of nitrogens with zero attached hydrogens (tertiary/aromatic N) is 2. The van der Waals surface area contributed by atoms with E-state index in [2.05, 4.69) is 15.6 Å². The standard InChI is InChI=1S/C38H42F5N5O8S/c1-22(2)31(32(49)38(42,43)36(53)45-21-37(39,40)41)47-34(51)30-18-27(57(54,55)20-24-11-13-26(56-4)14-12-24)19-48(30)35(52)29(17-25-9-7-8-23(3)16-25)46-33(50)28-10-5-6-15-44-28/h5-16,22,27,29-31H,17-21H2,1-4H3,(H,45,53)(H,46,50)(H,47,51)/t27-,29+,30+,31+/m1/s1. The summed E-state index contributed by atoms with van der Waals surface area (Å²) in [5.74, 6) is -14.0. The van der Waals surface area contributed by atoms with Crippen LogP contribution in [-0.4, -0.2) is 103 Å². The molecule has 4 rings (SSSR count). The number of benzene rings is 2. The Morgan fingerprint density at radius 3 is 2.19 bits per heavy atom. The van der Waals surface area contributed by atoms with Gasteiger partial charge in [0.05, 0.1) is 24.2 Å². The Morgan fingerprint density at radius 1 is 0.930 bits per heavy atom. The lowest BCUT2D eigenvalue weighted by molar-refractivity contribution is -0.165. The van der Waals surface area contributed by atoms with E-state index < -0.39 is 106 Å². The maximum Gasteiger partial charge on any atom is 0.405 e. The highest BCUT2D eigenvalue weighted by atomic mass is 32.2. The number of hydrogen-bond donors (Lipinski definition) is 3. The van der Waals surface area contributed by atoms with Gasteiger partial charge < -0.3 is 25.6 Å². The molecular formula is C38H42F5N5O8S. The number of sulfone groups is 1. The summed E-state index contributed by atoms with van der Waals surface area (Å²) in [6.45, 7) is 1.49. The monoisotopic (exact) mass is 823 g/mol. The van der Waals surface area contributed by atoms with E-state index in [4.69, 9.17) is 4.74 Å². The van der Waals surface area contributed by atoms with Crippen molar-refractivity contribution in [3.63, 3.8) is 0 Å². The van der Waals surface area contributed by atoms with E-state index in [0.717, 1.165) is 15.8 Å². The Hall–Kier alpha value is -5.46. The Bertz CT molecular complexity index is 2050. The zero-order valence-electron chi connectivity index (χ0n) is 31.3. The molecule has 1 aromatic heterocycles. The van der Waals surface area contributed by atoms with Crippen LogP contribution in [0.1, 0.15) is 47.4 Å². The van der Waals surface area contributed by atoms with E-state index >= 15 is 8.78 Å². The summed E-state index contributed by atoms with van der Waals surface area (Å²) >= 11 is 0. The highest BCUT2D eigenvalue weighted by Crippen LogP contribution is 2.29.